The maximum atomic E-state index is 4.49. The summed E-state index contributed by atoms with van der Waals surface area (Å²) in [5.41, 5.74) is 1.83. The monoisotopic (exact) mass is 318 g/mol. The Morgan fingerprint density at radius 2 is 1.04 bits per heavy atom. The molecule has 0 bridgehead atoms. The first-order chi connectivity index (χ1) is 11.7. The number of nitrogens with one attached hydrogen (secondary N) is 2. The molecule has 24 heavy (non-hydrogen) atoms. The average Bonchev–Trinajstić information content (AvgIpc) is 2.62. The van der Waals surface area contributed by atoms with Crippen molar-refractivity contribution in [3.05, 3.63) is 71.2 Å². The average molecular weight is 318 g/mol. The van der Waals surface area contributed by atoms with Gasteiger partial charge in [-0.15, -0.1) is 0 Å². The molecule has 0 saturated carbocycles. The van der Waals surface area contributed by atoms with Crippen molar-refractivity contribution in [2.75, 3.05) is 10.6 Å². The van der Waals surface area contributed by atoms with Gasteiger partial charge in [0.2, 0.25) is 0 Å². The zero-order valence-electron chi connectivity index (χ0n) is 13.6. The Kier molecular flexibility index (Phi) is 4.76. The zero-order chi connectivity index (χ0) is 16.8. The highest BCUT2D eigenvalue weighted by Gasteiger charge is 1.96. The third-order valence-electron chi connectivity index (χ3n) is 3.24. The van der Waals surface area contributed by atoms with Crippen LogP contribution in [0.25, 0.3) is 12.2 Å². The van der Waals surface area contributed by atoms with Crippen LogP contribution < -0.4 is 21.3 Å². The molecule has 0 radical (unpaired) electrons. The molecule has 120 valence electrons. The van der Waals surface area contributed by atoms with E-state index in [1.807, 2.05) is 50.6 Å². The van der Waals surface area contributed by atoms with Crippen molar-refractivity contribution in [1.82, 2.24) is 19.9 Å². The van der Waals surface area contributed by atoms with Crippen LogP contribution in [0.15, 0.2) is 49.3 Å². The van der Waals surface area contributed by atoms with Crippen LogP contribution in [0.4, 0.5) is 11.6 Å². The highest BCUT2D eigenvalue weighted by molar-refractivity contribution is 5.52. The van der Waals surface area contributed by atoms with E-state index in [0.29, 0.717) is 11.6 Å². The SMILES string of the molecule is Cc1cnc2c(ncc(C)cnc3c(nc1)=CC=CN3)=CC=CN2. The van der Waals surface area contributed by atoms with Gasteiger partial charge in [0.1, 0.15) is 10.7 Å². The predicted octanol–water partition coefficient (Wildman–Crippen LogP) is 1.57. The van der Waals surface area contributed by atoms with Gasteiger partial charge in [-0.1, -0.05) is 0 Å². The van der Waals surface area contributed by atoms with E-state index in [2.05, 4.69) is 30.6 Å². The molecule has 0 spiro atoms. The third kappa shape index (κ3) is 3.92. The molecule has 2 aliphatic rings. The van der Waals surface area contributed by atoms with E-state index < -0.39 is 0 Å². The predicted molar refractivity (Wildman–Crippen MR) is 96.1 cm³/mol. The Hall–Kier alpha value is -3.28. The molecule has 0 aromatic carbocycles. The number of hydrogen-bond donors (Lipinski definition) is 2. The summed E-state index contributed by atoms with van der Waals surface area (Å²) in [6.07, 6.45) is 18.3. The van der Waals surface area contributed by atoms with E-state index in [1.165, 1.54) is 0 Å². The molecule has 0 fully saturated rings. The van der Waals surface area contributed by atoms with Gasteiger partial charge >= 0.3 is 0 Å². The maximum Gasteiger partial charge on any atom is 0.155 e. The summed E-state index contributed by atoms with van der Waals surface area (Å²) >= 11 is 0. The van der Waals surface area contributed by atoms with Crippen molar-refractivity contribution in [2.45, 2.75) is 13.8 Å². The van der Waals surface area contributed by atoms with Gasteiger partial charge in [-0.25, -0.2) is 9.97 Å². The molecular formula is C18H18N6. The van der Waals surface area contributed by atoms with E-state index in [1.54, 1.807) is 24.8 Å². The van der Waals surface area contributed by atoms with Crippen LogP contribution in [-0.4, -0.2) is 19.9 Å². The number of aryl methyl sites for hydroxylation is 2. The van der Waals surface area contributed by atoms with Crippen LogP contribution in [0.2, 0.25) is 0 Å². The molecule has 1 aromatic heterocycles. The number of fused-ring (bicyclic) bond motifs is 2. The fourth-order valence-electron chi connectivity index (χ4n) is 2.00. The van der Waals surface area contributed by atoms with Gasteiger partial charge in [0.15, 0.2) is 11.6 Å². The minimum absolute atomic E-state index is 0.692. The van der Waals surface area contributed by atoms with Gasteiger partial charge in [0.25, 0.3) is 0 Å². The van der Waals surface area contributed by atoms with E-state index in [4.69, 9.17) is 0 Å². The van der Waals surface area contributed by atoms with E-state index in [0.717, 1.165) is 21.8 Å². The molecule has 6 heteroatoms. The van der Waals surface area contributed by atoms with E-state index in [9.17, 15) is 0 Å². The number of nitrogens with zero attached hydrogens (tertiary/aromatic N) is 4. The van der Waals surface area contributed by atoms with Crippen LogP contribution in [0.5, 0.6) is 0 Å². The molecule has 3 rings (SSSR count). The highest BCUT2D eigenvalue weighted by atomic mass is 15.0. The minimum Gasteiger partial charge on any atom is -0.345 e. The van der Waals surface area contributed by atoms with Crippen LogP contribution in [0.1, 0.15) is 11.1 Å². The fourth-order valence-corrected chi connectivity index (χ4v) is 2.00. The largest absolute Gasteiger partial charge is 0.345 e. The lowest BCUT2D eigenvalue weighted by Crippen LogP contribution is -2.15. The fraction of sp³-hybridized carbons (Fsp3) is 0.111. The normalized spacial score (nSPS) is 12.8. The molecule has 3 heterocycles. The Morgan fingerprint density at radius 1 is 0.625 bits per heavy atom. The molecule has 0 amide bonds. The summed E-state index contributed by atoms with van der Waals surface area (Å²) in [4.78, 5) is 17.9. The van der Waals surface area contributed by atoms with Crippen LogP contribution in [0, 0.1) is 13.8 Å². The number of rotatable bonds is 0. The number of allylic oxidation sites excluding steroid dienone is 2. The summed E-state index contributed by atoms with van der Waals surface area (Å²) in [5.74, 6) is 1.38. The van der Waals surface area contributed by atoms with Gasteiger partial charge in [0, 0.05) is 37.2 Å². The first-order valence-corrected chi connectivity index (χ1v) is 7.57. The van der Waals surface area contributed by atoms with Crippen LogP contribution >= 0.6 is 0 Å². The molecular weight excluding hydrogens is 300 g/mol. The molecule has 2 aliphatic heterocycles. The quantitative estimate of drug-likeness (QED) is 0.756. The van der Waals surface area contributed by atoms with Crippen molar-refractivity contribution >= 4 is 23.8 Å². The second-order valence-corrected chi connectivity index (χ2v) is 5.33. The molecule has 0 aliphatic carbocycles. The summed E-state index contributed by atoms with van der Waals surface area (Å²) in [6.45, 7) is 3.89. The lowest BCUT2D eigenvalue weighted by molar-refractivity contribution is 1.14. The summed E-state index contributed by atoms with van der Waals surface area (Å²) in [5, 5.41) is 7.72. The van der Waals surface area contributed by atoms with E-state index in [-0.39, 0.29) is 0 Å². The molecule has 6 nitrogen and oxygen atoms in total. The van der Waals surface area contributed by atoms with Crippen molar-refractivity contribution in [1.29, 1.82) is 0 Å². The standard InChI is InChI=1S/C18H18N6/c1-13-9-21-15-5-3-8-20-18(15)24-12-14(2)10-22-16-6-4-7-19-17(16)23-11-13/h3-12H,1-2H3,(H,19,23)(H,20,24). The Labute approximate surface area is 140 Å². The second kappa shape index (κ2) is 7.32. The summed E-state index contributed by atoms with van der Waals surface area (Å²) in [7, 11) is 0. The van der Waals surface area contributed by atoms with Gasteiger partial charge in [-0.3, -0.25) is 9.97 Å². The third-order valence-corrected chi connectivity index (χ3v) is 3.24. The Bertz CT molecular complexity index is 865. The first kappa shape index (κ1) is 15.6. The van der Waals surface area contributed by atoms with Crippen LogP contribution in [0.3, 0.4) is 0 Å². The molecule has 2 N–H and O–H groups in total. The van der Waals surface area contributed by atoms with Gasteiger partial charge in [-0.05, 0) is 49.3 Å². The molecule has 0 atom stereocenters. The van der Waals surface area contributed by atoms with Crippen molar-refractivity contribution in [3.63, 3.8) is 0 Å². The zero-order valence-corrected chi connectivity index (χ0v) is 13.6. The topological polar surface area (TPSA) is 75.6 Å². The van der Waals surface area contributed by atoms with Gasteiger partial charge < -0.3 is 10.6 Å². The summed E-state index contributed by atoms with van der Waals surface area (Å²) < 4.78 is 0. The Morgan fingerprint density at radius 3 is 1.50 bits per heavy atom. The lowest BCUT2D eigenvalue weighted by Gasteiger charge is -2.02. The Balaban J connectivity index is 2.30. The number of anilines is 2. The molecule has 0 saturated heterocycles. The van der Waals surface area contributed by atoms with Gasteiger partial charge in [0.05, 0.1) is 0 Å². The second-order valence-electron chi connectivity index (χ2n) is 5.33. The smallest absolute Gasteiger partial charge is 0.155 e. The van der Waals surface area contributed by atoms with Crippen LogP contribution in [-0.2, 0) is 0 Å². The summed E-state index contributed by atoms with van der Waals surface area (Å²) in [6, 6.07) is 0. The minimum atomic E-state index is 0.692. The lowest BCUT2D eigenvalue weighted by atomic mass is 10.3. The van der Waals surface area contributed by atoms with Gasteiger partial charge in [-0.2, -0.15) is 0 Å². The maximum absolute atomic E-state index is 4.49. The van der Waals surface area contributed by atoms with Crippen molar-refractivity contribution in [2.24, 2.45) is 0 Å². The molecule has 0 unspecified atom stereocenters. The van der Waals surface area contributed by atoms with E-state index >= 15 is 0 Å². The number of hydrogen-bond acceptors (Lipinski definition) is 6. The first-order valence-electron chi connectivity index (χ1n) is 7.57. The molecule has 1 aromatic rings. The van der Waals surface area contributed by atoms with Crippen molar-refractivity contribution in [3.8, 4) is 0 Å². The highest BCUT2D eigenvalue weighted by Crippen LogP contribution is 1.98. The number of aromatic nitrogens is 4. The van der Waals surface area contributed by atoms with Crippen molar-refractivity contribution < 1.29 is 0 Å².